The van der Waals surface area contributed by atoms with Crippen LogP contribution in [0.25, 0.3) is 0 Å². The standard InChI is InChI=1S/C13H28N2/c1-5-12(4)14-9-13-7-6-8-15(13)10-11(2)3/h11-14H,5-10H2,1-4H3/t12?,13-/m1/s1. The maximum atomic E-state index is 3.64. The van der Waals surface area contributed by atoms with Crippen LogP contribution in [-0.2, 0) is 0 Å². The Kier molecular flexibility index (Phi) is 5.62. The van der Waals surface area contributed by atoms with Crippen LogP contribution in [0.5, 0.6) is 0 Å². The van der Waals surface area contributed by atoms with E-state index >= 15 is 0 Å². The smallest absolute Gasteiger partial charge is 0.0221 e. The SMILES string of the molecule is CCC(C)NC[C@H]1CCCN1CC(C)C. The van der Waals surface area contributed by atoms with E-state index in [1.807, 2.05) is 0 Å². The van der Waals surface area contributed by atoms with Crippen molar-refractivity contribution in [1.29, 1.82) is 0 Å². The second kappa shape index (κ2) is 6.49. The van der Waals surface area contributed by atoms with Gasteiger partial charge in [-0.15, -0.1) is 0 Å². The van der Waals surface area contributed by atoms with Crippen molar-refractivity contribution in [2.75, 3.05) is 19.6 Å². The molecule has 2 heteroatoms. The largest absolute Gasteiger partial charge is 0.313 e. The summed E-state index contributed by atoms with van der Waals surface area (Å²) in [6.45, 7) is 12.9. The predicted molar refractivity (Wildman–Crippen MR) is 67.2 cm³/mol. The number of hydrogen-bond acceptors (Lipinski definition) is 2. The van der Waals surface area contributed by atoms with Crippen LogP contribution >= 0.6 is 0 Å². The topological polar surface area (TPSA) is 15.3 Å². The van der Waals surface area contributed by atoms with Gasteiger partial charge in [0.05, 0.1) is 0 Å². The van der Waals surface area contributed by atoms with Gasteiger partial charge in [0.1, 0.15) is 0 Å². The van der Waals surface area contributed by atoms with E-state index in [0.717, 1.165) is 12.0 Å². The summed E-state index contributed by atoms with van der Waals surface area (Å²) in [5, 5.41) is 3.64. The highest BCUT2D eigenvalue weighted by Gasteiger charge is 2.24. The van der Waals surface area contributed by atoms with Gasteiger partial charge >= 0.3 is 0 Å². The molecule has 2 nitrogen and oxygen atoms in total. The van der Waals surface area contributed by atoms with Crippen molar-refractivity contribution in [3.63, 3.8) is 0 Å². The van der Waals surface area contributed by atoms with Gasteiger partial charge in [-0.2, -0.15) is 0 Å². The van der Waals surface area contributed by atoms with Crippen molar-refractivity contribution >= 4 is 0 Å². The van der Waals surface area contributed by atoms with Crippen LogP contribution in [0.4, 0.5) is 0 Å². The molecule has 1 saturated heterocycles. The Morgan fingerprint density at radius 3 is 2.67 bits per heavy atom. The Morgan fingerprint density at radius 2 is 2.07 bits per heavy atom. The highest BCUT2D eigenvalue weighted by molar-refractivity contribution is 4.82. The van der Waals surface area contributed by atoms with E-state index in [1.165, 1.54) is 38.9 Å². The molecule has 1 aliphatic heterocycles. The first-order valence-corrected chi connectivity index (χ1v) is 6.61. The minimum Gasteiger partial charge on any atom is -0.313 e. The first kappa shape index (κ1) is 13.0. The fourth-order valence-corrected chi connectivity index (χ4v) is 2.32. The minimum absolute atomic E-state index is 0.673. The lowest BCUT2D eigenvalue weighted by Crippen LogP contribution is -2.42. The normalized spacial score (nSPS) is 25.0. The molecule has 1 fully saturated rings. The van der Waals surface area contributed by atoms with Crippen LogP contribution in [0.15, 0.2) is 0 Å². The third-order valence-electron chi connectivity index (χ3n) is 3.41. The summed E-state index contributed by atoms with van der Waals surface area (Å²) in [6, 6.07) is 1.47. The van der Waals surface area contributed by atoms with Crippen molar-refractivity contribution in [3.05, 3.63) is 0 Å². The number of rotatable bonds is 6. The fourth-order valence-electron chi connectivity index (χ4n) is 2.32. The summed E-state index contributed by atoms with van der Waals surface area (Å²) >= 11 is 0. The van der Waals surface area contributed by atoms with Gasteiger partial charge in [0.2, 0.25) is 0 Å². The molecule has 1 heterocycles. The van der Waals surface area contributed by atoms with E-state index in [9.17, 15) is 0 Å². The van der Waals surface area contributed by atoms with Crippen LogP contribution < -0.4 is 5.32 Å². The van der Waals surface area contributed by atoms with Gasteiger partial charge in [-0.05, 0) is 38.6 Å². The van der Waals surface area contributed by atoms with Gasteiger partial charge in [0.15, 0.2) is 0 Å². The summed E-state index contributed by atoms with van der Waals surface area (Å²) in [4.78, 5) is 2.67. The van der Waals surface area contributed by atoms with E-state index in [-0.39, 0.29) is 0 Å². The molecular formula is C13H28N2. The molecule has 0 aromatic heterocycles. The highest BCUT2D eigenvalue weighted by atomic mass is 15.2. The molecule has 90 valence electrons. The molecule has 0 aliphatic carbocycles. The number of nitrogens with zero attached hydrogens (tertiary/aromatic N) is 1. The summed E-state index contributed by atoms with van der Waals surface area (Å²) in [5.74, 6) is 0.800. The quantitative estimate of drug-likeness (QED) is 0.728. The highest BCUT2D eigenvalue weighted by Crippen LogP contribution is 2.18. The second-order valence-electron chi connectivity index (χ2n) is 5.40. The third kappa shape index (κ3) is 4.52. The van der Waals surface area contributed by atoms with Gasteiger partial charge < -0.3 is 5.32 Å². The first-order chi connectivity index (χ1) is 7.13. The molecule has 1 rings (SSSR count). The molecule has 0 spiro atoms. The van der Waals surface area contributed by atoms with Crippen molar-refractivity contribution in [2.45, 2.75) is 59.0 Å². The van der Waals surface area contributed by atoms with Gasteiger partial charge in [0.25, 0.3) is 0 Å². The Morgan fingerprint density at radius 1 is 1.33 bits per heavy atom. The maximum absolute atomic E-state index is 3.64. The molecule has 0 aromatic carbocycles. The minimum atomic E-state index is 0.673. The molecule has 0 radical (unpaired) electrons. The van der Waals surface area contributed by atoms with E-state index < -0.39 is 0 Å². The van der Waals surface area contributed by atoms with Crippen molar-refractivity contribution in [1.82, 2.24) is 10.2 Å². The van der Waals surface area contributed by atoms with Gasteiger partial charge in [-0.3, -0.25) is 4.90 Å². The maximum Gasteiger partial charge on any atom is 0.0221 e. The molecule has 0 saturated carbocycles. The molecule has 1 N–H and O–H groups in total. The lowest BCUT2D eigenvalue weighted by molar-refractivity contribution is 0.218. The second-order valence-corrected chi connectivity index (χ2v) is 5.40. The van der Waals surface area contributed by atoms with Gasteiger partial charge in [0, 0.05) is 25.2 Å². The number of hydrogen-bond donors (Lipinski definition) is 1. The first-order valence-electron chi connectivity index (χ1n) is 6.61. The zero-order valence-electron chi connectivity index (χ0n) is 10.9. The Hall–Kier alpha value is -0.0800. The van der Waals surface area contributed by atoms with Crippen LogP contribution in [0.2, 0.25) is 0 Å². The Bertz CT molecular complexity index is 168. The van der Waals surface area contributed by atoms with Crippen molar-refractivity contribution < 1.29 is 0 Å². The van der Waals surface area contributed by atoms with E-state index in [1.54, 1.807) is 0 Å². The summed E-state index contributed by atoms with van der Waals surface area (Å²) in [7, 11) is 0. The van der Waals surface area contributed by atoms with Crippen LogP contribution in [-0.4, -0.2) is 36.6 Å². The molecular weight excluding hydrogens is 184 g/mol. The molecule has 0 bridgehead atoms. The summed E-state index contributed by atoms with van der Waals surface area (Å²) < 4.78 is 0. The average Bonchev–Trinajstić information content (AvgIpc) is 2.61. The third-order valence-corrected chi connectivity index (χ3v) is 3.41. The Balaban J connectivity index is 2.26. The lowest BCUT2D eigenvalue weighted by Gasteiger charge is -2.27. The van der Waals surface area contributed by atoms with Gasteiger partial charge in [-0.25, -0.2) is 0 Å². The number of likely N-dealkylation sites (tertiary alicyclic amines) is 1. The molecule has 1 unspecified atom stereocenters. The van der Waals surface area contributed by atoms with Gasteiger partial charge in [-0.1, -0.05) is 20.8 Å². The summed E-state index contributed by atoms with van der Waals surface area (Å²) in [6.07, 6.45) is 4.01. The molecule has 2 atom stereocenters. The van der Waals surface area contributed by atoms with Crippen molar-refractivity contribution in [2.24, 2.45) is 5.92 Å². The van der Waals surface area contributed by atoms with Crippen molar-refractivity contribution in [3.8, 4) is 0 Å². The molecule has 15 heavy (non-hydrogen) atoms. The predicted octanol–water partition coefficient (Wildman–Crippen LogP) is 2.49. The average molecular weight is 212 g/mol. The zero-order chi connectivity index (χ0) is 11.3. The van der Waals surface area contributed by atoms with E-state index in [0.29, 0.717) is 6.04 Å². The molecule has 0 aromatic rings. The van der Waals surface area contributed by atoms with E-state index in [4.69, 9.17) is 0 Å². The molecule has 0 amide bonds. The van der Waals surface area contributed by atoms with Crippen LogP contribution in [0.3, 0.4) is 0 Å². The van der Waals surface area contributed by atoms with E-state index in [2.05, 4.69) is 37.9 Å². The van der Waals surface area contributed by atoms with Crippen LogP contribution in [0, 0.1) is 5.92 Å². The lowest BCUT2D eigenvalue weighted by atomic mass is 10.1. The monoisotopic (exact) mass is 212 g/mol. The van der Waals surface area contributed by atoms with Crippen LogP contribution in [0.1, 0.15) is 47.0 Å². The number of nitrogens with one attached hydrogen (secondary N) is 1. The fraction of sp³-hybridized carbons (Fsp3) is 1.00. The molecule has 1 aliphatic rings. The summed E-state index contributed by atoms with van der Waals surface area (Å²) in [5.41, 5.74) is 0. The Labute approximate surface area is 95.4 Å². The zero-order valence-corrected chi connectivity index (χ0v) is 10.9.